The minimum atomic E-state index is -0.454. The number of rotatable bonds is 3. The van der Waals surface area contributed by atoms with E-state index in [1.165, 1.54) is 0 Å². The van der Waals surface area contributed by atoms with Gasteiger partial charge in [-0.25, -0.2) is 4.98 Å². The van der Waals surface area contributed by atoms with E-state index in [9.17, 15) is 5.02 Å². The van der Waals surface area contributed by atoms with Gasteiger partial charge < -0.3 is 9.59 Å². The van der Waals surface area contributed by atoms with Crippen LogP contribution < -0.4 is 5.46 Å². The molecule has 0 saturated heterocycles. The van der Waals surface area contributed by atoms with E-state index in [1.807, 2.05) is 30.3 Å². The third kappa shape index (κ3) is 2.59. The van der Waals surface area contributed by atoms with Gasteiger partial charge in [-0.05, 0) is 24.0 Å². The van der Waals surface area contributed by atoms with Crippen molar-refractivity contribution in [3.63, 3.8) is 0 Å². The van der Waals surface area contributed by atoms with Crippen molar-refractivity contribution < 1.29 is 5.02 Å². The van der Waals surface area contributed by atoms with E-state index in [-0.39, 0.29) is 6.04 Å². The Balaban J connectivity index is 1.88. The summed E-state index contributed by atoms with van der Waals surface area (Å²) in [6.45, 7) is 1.33. The molecule has 1 atom stereocenters. The van der Waals surface area contributed by atoms with Gasteiger partial charge in [0, 0.05) is 5.56 Å². The molecule has 0 spiro atoms. The summed E-state index contributed by atoms with van der Waals surface area (Å²) < 4.78 is 2.31. The number of nitrogens with zero attached hydrogens (tertiary/aromatic N) is 2. The molecule has 1 N–H and O–H groups in total. The minimum Gasteiger partial charge on any atom is -0.447 e. The van der Waals surface area contributed by atoms with Gasteiger partial charge >= 0.3 is 6.92 Å². The van der Waals surface area contributed by atoms with Crippen LogP contribution in [0.4, 0.5) is 0 Å². The quantitative estimate of drug-likeness (QED) is 0.750. The highest BCUT2D eigenvalue weighted by molar-refractivity contribution is 6.64. The predicted octanol–water partition coefficient (Wildman–Crippen LogP) is 3.58. The average molecular weight is 314 g/mol. The Kier molecular flexibility index (Phi) is 3.83. The number of hydrogen-bond acceptors (Lipinski definition) is 2. The predicted molar refractivity (Wildman–Crippen MR) is 101 cm³/mol. The molecule has 1 aliphatic rings. The fourth-order valence-electron chi connectivity index (χ4n) is 3.25. The van der Waals surface area contributed by atoms with Crippen molar-refractivity contribution >= 4 is 23.4 Å². The molecular weight excluding hydrogens is 295 g/mol. The van der Waals surface area contributed by atoms with Gasteiger partial charge in [0.2, 0.25) is 0 Å². The minimum absolute atomic E-state index is 0.272. The van der Waals surface area contributed by atoms with Crippen LogP contribution in [0.5, 0.6) is 0 Å². The summed E-state index contributed by atoms with van der Waals surface area (Å²) in [6.07, 6.45) is 9.58. The first-order valence-electron chi connectivity index (χ1n) is 8.33. The molecule has 0 amide bonds. The first kappa shape index (κ1) is 15.0. The molecule has 1 aromatic heterocycles. The van der Waals surface area contributed by atoms with Crippen LogP contribution in [0.1, 0.15) is 12.5 Å². The zero-order valence-electron chi connectivity index (χ0n) is 13.6. The van der Waals surface area contributed by atoms with E-state index in [0.717, 1.165) is 34.3 Å². The number of imidazole rings is 1. The Morgan fingerprint density at radius 2 is 1.88 bits per heavy atom. The second-order valence-corrected chi connectivity index (χ2v) is 6.21. The molecule has 0 radical (unpaired) electrons. The number of para-hydroxylation sites is 2. The third-order valence-electron chi connectivity index (χ3n) is 4.54. The van der Waals surface area contributed by atoms with E-state index < -0.39 is 6.92 Å². The highest BCUT2D eigenvalue weighted by Crippen LogP contribution is 2.31. The van der Waals surface area contributed by atoms with E-state index in [2.05, 4.69) is 47.1 Å². The molecule has 1 aliphatic carbocycles. The SMILES string of the molecule is CB(O)c1ccc(-c2nc3ccccc3n2C2C=CC=CC2)cc1. The monoisotopic (exact) mass is 314 g/mol. The van der Waals surface area contributed by atoms with E-state index in [1.54, 1.807) is 6.82 Å². The highest BCUT2D eigenvalue weighted by atomic mass is 16.2. The molecule has 0 saturated carbocycles. The first-order chi connectivity index (χ1) is 11.7. The largest absolute Gasteiger partial charge is 0.447 e. The van der Waals surface area contributed by atoms with Crippen molar-refractivity contribution in [2.75, 3.05) is 0 Å². The number of hydrogen-bond donors (Lipinski definition) is 1. The van der Waals surface area contributed by atoms with Crippen molar-refractivity contribution in [1.29, 1.82) is 0 Å². The van der Waals surface area contributed by atoms with Crippen LogP contribution in [0.2, 0.25) is 6.82 Å². The zero-order chi connectivity index (χ0) is 16.5. The number of fused-ring (bicyclic) bond motifs is 1. The Morgan fingerprint density at radius 1 is 1.08 bits per heavy atom. The maximum atomic E-state index is 9.72. The summed E-state index contributed by atoms with van der Waals surface area (Å²) in [4.78, 5) is 4.88. The summed E-state index contributed by atoms with van der Waals surface area (Å²) in [5.74, 6) is 0.971. The Labute approximate surface area is 142 Å². The van der Waals surface area contributed by atoms with Crippen LogP contribution in [0, 0.1) is 0 Å². The number of aromatic nitrogens is 2. The Morgan fingerprint density at radius 3 is 2.58 bits per heavy atom. The van der Waals surface area contributed by atoms with Gasteiger partial charge in [0.1, 0.15) is 5.82 Å². The average Bonchev–Trinajstić information content (AvgIpc) is 3.02. The van der Waals surface area contributed by atoms with Crippen molar-refractivity contribution in [2.45, 2.75) is 19.3 Å². The topological polar surface area (TPSA) is 38.1 Å². The van der Waals surface area contributed by atoms with Crippen molar-refractivity contribution in [3.05, 3.63) is 72.8 Å². The van der Waals surface area contributed by atoms with Crippen LogP contribution in [-0.4, -0.2) is 21.5 Å². The molecule has 3 nitrogen and oxygen atoms in total. The van der Waals surface area contributed by atoms with Gasteiger partial charge in [-0.1, -0.05) is 67.5 Å². The van der Waals surface area contributed by atoms with E-state index >= 15 is 0 Å². The molecule has 4 rings (SSSR count). The third-order valence-corrected chi connectivity index (χ3v) is 4.54. The van der Waals surface area contributed by atoms with Gasteiger partial charge in [-0.15, -0.1) is 0 Å². The van der Waals surface area contributed by atoms with Gasteiger partial charge in [0.15, 0.2) is 0 Å². The molecule has 0 bridgehead atoms. The summed E-state index contributed by atoms with van der Waals surface area (Å²) in [7, 11) is 0. The molecule has 1 heterocycles. The van der Waals surface area contributed by atoms with Crippen molar-refractivity contribution in [1.82, 2.24) is 9.55 Å². The molecule has 24 heavy (non-hydrogen) atoms. The molecule has 0 fully saturated rings. The molecule has 118 valence electrons. The van der Waals surface area contributed by atoms with Gasteiger partial charge in [0.05, 0.1) is 17.1 Å². The normalized spacial score (nSPS) is 16.7. The molecule has 0 aliphatic heterocycles. The van der Waals surface area contributed by atoms with Crippen molar-refractivity contribution in [2.24, 2.45) is 0 Å². The lowest BCUT2D eigenvalue weighted by Crippen LogP contribution is -2.25. The molecule has 1 unspecified atom stereocenters. The molecule has 2 aromatic carbocycles. The number of benzene rings is 2. The molecular formula is C20H19BN2O. The van der Waals surface area contributed by atoms with Crippen LogP contribution >= 0.6 is 0 Å². The summed E-state index contributed by atoms with van der Waals surface area (Å²) >= 11 is 0. The van der Waals surface area contributed by atoms with Gasteiger partial charge in [-0.3, -0.25) is 0 Å². The fourth-order valence-corrected chi connectivity index (χ4v) is 3.25. The molecule has 4 heteroatoms. The van der Waals surface area contributed by atoms with E-state index in [4.69, 9.17) is 4.98 Å². The summed E-state index contributed by atoms with van der Waals surface area (Å²) in [5, 5.41) is 9.72. The summed E-state index contributed by atoms with van der Waals surface area (Å²) in [6, 6.07) is 16.6. The summed E-state index contributed by atoms with van der Waals surface area (Å²) in [5.41, 5.74) is 4.15. The van der Waals surface area contributed by atoms with E-state index in [0.29, 0.717) is 0 Å². The Hall–Kier alpha value is -2.59. The highest BCUT2D eigenvalue weighted by Gasteiger charge is 2.18. The van der Waals surface area contributed by atoms with Gasteiger partial charge in [-0.2, -0.15) is 0 Å². The van der Waals surface area contributed by atoms with Crippen LogP contribution in [0.25, 0.3) is 22.4 Å². The van der Waals surface area contributed by atoms with Gasteiger partial charge in [0.25, 0.3) is 0 Å². The lowest BCUT2D eigenvalue weighted by Gasteiger charge is -2.19. The maximum absolute atomic E-state index is 9.72. The van der Waals surface area contributed by atoms with Crippen LogP contribution in [0.15, 0.2) is 72.8 Å². The first-order valence-corrected chi connectivity index (χ1v) is 8.33. The van der Waals surface area contributed by atoms with Crippen LogP contribution in [-0.2, 0) is 0 Å². The lowest BCUT2D eigenvalue weighted by atomic mass is 9.64. The number of allylic oxidation sites excluding steroid dienone is 4. The standard InChI is InChI=1S/C20H19BN2O/c1-21(24)16-13-11-15(12-14-16)20-22-18-9-5-6-10-19(18)23(20)17-7-3-2-4-8-17/h2-7,9-14,17,24H,8H2,1H3. The second kappa shape index (κ2) is 6.14. The lowest BCUT2D eigenvalue weighted by molar-refractivity contribution is 0.594. The van der Waals surface area contributed by atoms with Crippen LogP contribution in [0.3, 0.4) is 0 Å². The fraction of sp³-hybridized carbons (Fsp3) is 0.150. The maximum Gasteiger partial charge on any atom is 0.320 e. The second-order valence-electron chi connectivity index (χ2n) is 6.21. The van der Waals surface area contributed by atoms with Crippen molar-refractivity contribution in [3.8, 4) is 11.4 Å². The molecule has 3 aromatic rings. The Bertz CT molecular complexity index is 922. The zero-order valence-corrected chi connectivity index (χ0v) is 13.6. The smallest absolute Gasteiger partial charge is 0.320 e.